The average molecular weight is 254 g/mol. The van der Waals surface area contributed by atoms with Crippen LogP contribution < -0.4 is 0 Å². The van der Waals surface area contributed by atoms with Gasteiger partial charge < -0.3 is 9.22 Å². The van der Waals surface area contributed by atoms with Crippen molar-refractivity contribution in [3.05, 3.63) is 0 Å². The van der Waals surface area contributed by atoms with Gasteiger partial charge in [-0.3, -0.25) is 0 Å². The molecule has 0 aromatic carbocycles. The number of nitrogens with zero attached hydrogens (tertiary/aromatic N) is 1. The van der Waals surface area contributed by atoms with Crippen LogP contribution in [0.4, 0.5) is 0 Å². The molecule has 2 aliphatic carbocycles. The quantitative estimate of drug-likeness (QED) is 0.571. The maximum absolute atomic E-state index is 12.0. The topological polar surface area (TPSA) is 26.3 Å². The highest BCUT2D eigenvalue weighted by atomic mass is 16.5. The first-order chi connectivity index (χ1) is 8.06. The largest absolute Gasteiger partial charge is 0.458 e. The second-order valence-corrected chi connectivity index (χ2v) is 8.04. The van der Waals surface area contributed by atoms with Crippen molar-refractivity contribution in [1.29, 1.82) is 0 Å². The van der Waals surface area contributed by atoms with Crippen LogP contribution in [0.5, 0.6) is 0 Å². The molecule has 0 aliphatic heterocycles. The fraction of sp³-hybridized carbons (Fsp3) is 0.933. The second-order valence-electron chi connectivity index (χ2n) is 8.04. The SMILES string of the molecule is CC1(C)[C@H]2CC[C@]1(C)[C@H](OC(=O)C[N+](C)(C)C)C2. The molecule has 0 aromatic heterocycles. The Morgan fingerprint density at radius 3 is 2.28 bits per heavy atom. The number of esters is 1. The zero-order valence-corrected chi connectivity index (χ0v) is 12.7. The molecule has 0 amide bonds. The van der Waals surface area contributed by atoms with E-state index in [1.165, 1.54) is 12.8 Å². The van der Waals surface area contributed by atoms with E-state index in [4.69, 9.17) is 4.74 Å². The van der Waals surface area contributed by atoms with Crippen LogP contribution in [0.2, 0.25) is 0 Å². The number of carbonyl (C=O) groups is 1. The van der Waals surface area contributed by atoms with Crippen LogP contribution in [0.15, 0.2) is 0 Å². The first-order valence-corrected chi connectivity index (χ1v) is 7.06. The highest BCUT2D eigenvalue weighted by molar-refractivity contribution is 5.71. The number of fused-ring (bicyclic) bond motifs is 2. The van der Waals surface area contributed by atoms with Gasteiger partial charge in [0.15, 0.2) is 6.54 Å². The lowest BCUT2D eigenvalue weighted by atomic mass is 9.70. The molecule has 3 heteroatoms. The van der Waals surface area contributed by atoms with Gasteiger partial charge in [0.1, 0.15) is 6.10 Å². The lowest BCUT2D eigenvalue weighted by molar-refractivity contribution is -0.862. The van der Waals surface area contributed by atoms with Crippen LogP contribution in [0.25, 0.3) is 0 Å². The molecule has 0 unspecified atom stereocenters. The van der Waals surface area contributed by atoms with Crippen LogP contribution in [-0.2, 0) is 9.53 Å². The van der Waals surface area contributed by atoms with Crippen LogP contribution >= 0.6 is 0 Å². The van der Waals surface area contributed by atoms with Crippen LogP contribution in [-0.4, -0.2) is 44.2 Å². The zero-order valence-electron chi connectivity index (χ0n) is 12.7. The van der Waals surface area contributed by atoms with Crippen molar-refractivity contribution in [2.45, 2.75) is 46.1 Å². The average Bonchev–Trinajstić information content (AvgIpc) is 2.47. The minimum Gasteiger partial charge on any atom is -0.458 e. The Balaban J connectivity index is 2.03. The maximum atomic E-state index is 12.0. The summed E-state index contributed by atoms with van der Waals surface area (Å²) in [5.74, 6) is 0.682. The first-order valence-electron chi connectivity index (χ1n) is 7.06. The van der Waals surface area contributed by atoms with Crippen molar-refractivity contribution < 1.29 is 14.0 Å². The molecule has 2 aliphatic rings. The van der Waals surface area contributed by atoms with Crippen molar-refractivity contribution in [2.24, 2.45) is 16.7 Å². The summed E-state index contributed by atoms with van der Waals surface area (Å²) in [6, 6.07) is 0. The van der Waals surface area contributed by atoms with E-state index in [0.717, 1.165) is 12.3 Å². The number of carbonyl (C=O) groups excluding carboxylic acids is 1. The molecule has 104 valence electrons. The fourth-order valence-corrected chi connectivity index (χ4v) is 3.89. The van der Waals surface area contributed by atoms with Crippen molar-refractivity contribution in [2.75, 3.05) is 27.7 Å². The van der Waals surface area contributed by atoms with Gasteiger partial charge >= 0.3 is 5.97 Å². The third kappa shape index (κ3) is 2.07. The number of rotatable bonds is 3. The van der Waals surface area contributed by atoms with E-state index in [1.807, 2.05) is 21.1 Å². The van der Waals surface area contributed by atoms with Crippen molar-refractivity contribution >= 4 is 5.97 Å². The van der Waals surface area contributed by atoms with Crippen molar-refractivity contribution in [1.82, 2.24) is 0 Å². The Kier molecular flexibility index (Phi) is 3.05. The molecule has 18 heavy (non-hydrogen) atoms. The van der Waals surface area contributed by atoms with Gasteiger partial charge in [0.05, 0.1) is 21.1 Å². The molecule has 2 bridgehead atoms. The Hall–Kier alpha value is -0.570. The number of hydrogen-bond acceptors (Lipinski definition) is 2. The van der Waals surface area contributed by atoms with Crippen LogP contribution in [0.3, 0.4) is 0 Å². The van der Waals surface area contributed by atoms with E-state index >= 15 is 0 Å². The smallest absolute Gasteiger partial charge is 0.362 e. The van der Waals surface area contributed by atoms with Gasteiger partial charge in [-0.05, 0) is 30.6 Å². The molecule has 0 N–H and O–H groups in total. The third-order valence-corrected chi connectivity index (χ3v) is 5.59. The van der Waals surface area contributed by atoms with E-state index in [0.29, 0.717) is 16.4 Å². The first kappa shape index (κ1) is 13.9. The molecular formula is C15H28NO2+. The van der Waals surface area contributed by atoms with Gasteiger partial charge in [-0.2, -0.15) is 0 Å². The second kappa shape index (κ2) is 3.96. The maximum Gasteiger partial charge on any atom is 0.362 e. The monoisotopic (exact) mass is 254 g/mol. The molecule has 2 saturated carbocycles. The van der Waals surface area contributed by atoms with Crippen molar-refractivity contribution in [3.8, 4) is 0 Å². The van der Waals surface area contributed by atoms with Crippen molar-refractivity contribution in [3.63, 3.8) is 0 Å². The van der Waals surface area contributed by atoms with Gasteiger partial charge in [-0.25, -0.2) is 4.79 Å². The summed E-state index contributed by atoms with van der Waals surface area (Å²) in [6.07, 6.45) is 3.69. The highest BCUT2D eigenvalue weighted by Gasteiger charge is 2.62. The summed E-state index contributed by atoms with van der Waals surface area (Å²) in [6.45, 7) is 7.46. The van der Waals surface area contributed by atoms with Gasteiger partial charge in [0.2, 0.25) is 0 Å². The standard InChI is InChI=1S/C15H28NO2/c1-14(2)11-7-8-15(14,3)12(9-11)18-13(17)10-16(4,5)6/h11-12H,7-10H2,1-6H3/q+1/t11-,12+,15+/m0/s1. The summed E-state index contributed by atoms with van der Waals surface area (Å²) in [5.41, 5.74) is 0.493. The molecule has 0 saturated heterocycles. The Morgan fingerprint density at radius 1 is 1.28 bits per heavy atom. The predicted octanol–water partition coefficient (Wildman–Crippen LogP) is 2.45. The molecule has 3 atom stereocenters. The minimum atomic E-state index is -0.0444. The molecule has 0 radical (unpaired) electrons. The molecule has 0 heterocycles. The van der Waals surface area contributed by atoms with Gasteiger partial charge in [-0.15, -0.1) is 0 Å². The third-order valence-electron chi connectivity index (χ3n) is 5.59. The molecule has 3 nitrogen and oxygen atoms in total. The van der Waals surface area contributed by atoms with E-state index in [1.54, 1.807) is 0 Å². The highest BCUT2D eigenvalue weighted by Crippen LogP contribution is 2.66. The molecule has 2 rings (SSSR count). The Labute approximate surface area is 111 Å². The van der Waals surface area contributed by atoms with Crippen LogP contribution in [0, 0.1) is 16.7 Å². The van der Waals surface area contributed by atoms with Crippen LogP contribution in [0.1, 0.15) is 40.0 Å². The minimum absolute atomic E-state index is 0.0444. The molecule has 2 fully saturated rings. The Morgan fingerprint density at radius 2 is 1.89 bits per heavy atom. The number of ether oxygens (including phenoxy) is 1. The Bertz CT molecular complexity index is 356. The molecule has 0 aromatic rings. The van der Waals surface area contributed by atoms with E-state index < -0.39 is 0 Å². The lowest BCUT2D eigenvalue weighted by Gasteiger charge is -2.38. The summed E-state index contributed by atoms with van der Waals surface area (Å²) in [4.78, 5) is 12.0. The van der Waals surface area contributed by atoms with Gasteiger partial charge in [-0.1, -0.05) is 20.8 Å². The number of hydrogen-bond donors (Lipinski definition) is 0. The summed E-state index contributed by atoms with van der Waals surface area (Å²) in [5, 5.41) is 0. The normalized spacial score (nSPS) is 37.9. The predicted molar refractivity (Wildman–Crippen MR) is 72.0 cm³/mol. The summed E-state index contributed by atoms with van der Waals surface area (Å²) in [7, 11) is 6.06. The zero-order chi connectivity index (χ0) is 13.8. The molecule has 0 spiro atoms. The number of quaternary nitrogens is 1. The van der Waals surface area contributed by atoms with Gasteiger partial charge in [0.25, 0.3) is 0 Å². The summed E-state index contributed by atoms with van der Waals surface area (Å²) >= 11 is 0. The van der Waals surface area contributed by atoms with Gasteiger partial charge in [0, 0.05) is 5.41 Å². The fourth-order valence-electron chi connectivity index (χ4n) is 3.89. The lowest BCUT2D eigenvalue weighted by Crippen LogP contribution is -2.44. The van der Waals surface area contributed by atoms with E-state index in [9.17, 15) is 4.79 Å². The van der Waals surface area contributed by atoms with E-state index in [-0.39, 0.29) is 17.5 Å². The number of likely N-dealkylation sites (N-methyl/N-ethyl adjacent to an activating group) is 1. The summed E-state index contributed by atoms with van der Waals surface area (Å²) < 4.78 is 6.44. The van der Waals surface area contributed by atoms with E-state index in [2.05, 4.69) is 20.8 Å². The molecular weight excluding hydrogens is 226 g/mol.